The number of rotatable bonds is 1. The van der Waals surface area contributed by atoms with E-state index in [1.54, 1.807) is 0 Å². The number of aliphatic hydroxyl groups excluding tert-OH is 1. The third kappa shape index (κ3) is 3.13. The Balaban J connectivity index is 2.79. The van der Waals surface area contributed by atoms with Crippen LogP contribution in [0.1, 0.15) is 53.4 Å². The number of hydrogen-bond acceptors (Lipinski definition) is 1. The molecule has 0 bridgehead atoms. The van der Waals surface area contributed by atoms with E-state index in [9.17, 15) is 5.11 Å². The molecule has 0 amide bonds. The molecule has 14 heavy (non-hydrogen) atoms. The molecule has 1 aliphatic carbocycles. The van der Waals surface area contributed by atoms with E-state index in [1.807, 2.05) is 6.92 Å². The largest absolute Gasteiger partial charge is 0.389 e. The summed E-state index contributed by atoms with van der Waals surface area (Å²) in [5, 5.41) is 9.41. The van der Waals surface area contributed by atoms with Gasteiger partial charge in [-0.05, 0) is 37.5 Å². The maximum atomic E-state index is 9.41. The van der Waals surface area contributed by atoms with Gasteiger partial charge < -0.3 is 5.11 Å². The van der Waals surface area contributed by atoms with Crippen LogP contribution in [0.2, 0.25) is 0 Å². The molecule has 1 saturated carbocycles. The van der Waals surface area contributed by atoms with Gasteiger partial charge in [-0.1, -0.05) is 38.8 Å². The summed E-state index contributed by atoms with van der Waals surface area (Å²) < 4.78 is 0. The molecule has 0 saturated heterocycles. The molecule has 1 N–H and O–H groups in total. The van der Waals surface area contributed by atoms with E-state index in [2.05, 4.69) is 26.8 Å². The summed E-state index contributed by atoms with van der Waals surface area (Å²) in [5.74, 6) is 0.672. The maximum absolute atomic E-state index is 9.41. The van der Waals surface area contributed by atoms with Crippen LogP contribution < -0.4 is 0 Å². The van der Waals surface area contributed by atoms with Gasteiger partial charge in [-0.2, -0.15) is 0 Å². The summed E-state index contributed by atoms with van der Waals surface area (Å²) in [6.45, 7) is 8.76. The minimum absolute atomic E-state index is 0.284. The highest BCUT2D eigenvalue weighted by Gasteiger charge is 2.29. The van der Waals surface area contributed by atoms with Gasteiger partial charge in [-0.3, -0.25) is 0 Å². The fourth-order valence-electron chi connectivity index (χ4n) is 2.54. The van der Waals surface area contributed by atoms with Crippen molar-refractivity contribution in [1.29, 1.82) is 0 Å². The van der Waals surface area contributed by atoms with E-state index in [4.69, 9.17) is 0 Å². The molecule has 0 aliphatic heterocycles. The lowest BCUT2D eigenvalue weighted by Crippen LogP contribution is -2.25. The smallest absolute Gasteiger partial charge is 0.0695 e. The Morgan fingerprint density at radius 3 is 2.50 bits per heavy atom. The molecule has 2 unspecified atom stereocenters. The second kappa shape index (κ2) is 4.48. The van der Waals surface area contributed by atoms with E-state index in [0.717, 1.165) is 0 Å². The van der Waals surface area contributed by atoms with Gasteiger partial charge in [0, 0.05) is 0 Å². The first-order valence-corrected chi connectivity index (χ1v) is 5.80. The molecule has 0 aromatic carbocycles. The quantitative estimate of drug-likeness (QED) is 0.636. The average molecular weight is 196 g/mol. The molecule has 1 rings (SSSR count). The van der Waals surface area contributed by atoms with E-state index < -0.39 is 0 Å². The lowest BCUT2D eigenvalue weighted by molar-refractivity contribution is 0.218. The van der Waals surface area contributed by atoms with Crippen molar-refractivity contribution in [1.82, 2.24) is 0 Å². The molecule has 0 spiro atoms. The topological polar surface area (TPSA) is 20.2 Å². The molecule has 1 nitrogen and oxygen atoms in total. The summed E-state index contributed by atoms with van der Waals surface area (Å²) in [6.07, 6.45) is 6.90. The zero-order valence-corrected chi connectivity index (χ0v) is 10.0. The molecular formula is C13H24O. The third-order valence-corrected chi connectivity index (χ3v) is 3.16. The maximum Gasteiger partial charge on any atom is 0.0695 e. The minimum atomic E-state index is -0.284. The van der Waals surface area contributed by atoms with Crippen LogP contribution in [0.15, 0.2) is 11.6 Å². The van der Waals surface area contributed by atoms with Gasteiger partial charge in [-0.25, -0.2) is 0 Å². The van der Waals surface area contributed by atoms with Gasteiger partial charge in [0.05, 0.1) is 6.10 Å². The lowest BCUT2D eigenvalue weighted by Gasteiger charge is -2.36. The van der Waals surface area contributed by atoms with Crippen LogP contribution in [0, 0.1) is 11.3 Å². The van der Waals surface area contributed by atoms with E-state index in [0.29, 0.717) is 11.3 Å². The van der Waals surface area contributed by atoms with Crippen molar-refractivity contribution in [3.8, 4) is 0 Å². The van der Waals surface area contributed by atoms with Crippen molar-refractivity contribution in [2.45, 2.75) is 59.5 Å². The van der Waals surface area contributed by atoms with Crippen LogP contribution in [-0.2, 0) is 0 Å². The molecule has 1 aliphatic rings. The molecular weight excluding hydrogens is 172 g/mol. The Morgan fingerprint density at radius 2 is 2.00 bits per heavy atom. The highest BCUT2D eigenvalue weighted by atomic mass is 16.3. The summed E-state index contributed by atoms with van der Waals surface area (Å²) in [6, 6.07) is 0. The standard InChI is InChI=1S/C13H24O/c1-10(14)9-11-7-5-6-8-12(11)13(2,3)4/h9-10,12,14H,5-8H2,1-4H3/b11-9-. The number of hydrogen-bond donors (Lipinski definition) is 1. The first kappa shape index (κ1) is 11.8. The Kier molecular flexibility index (Phi) is 3.77. The fraction of sp³-hybridized carbons (Fsp3) is 0.846. The summed E-state index contributed by atoms with van der Waals surface area (Å²) >= 11 is 0. The van der Waals surface area contributed by atoms with Gasteiger partial charge in [-0.15, -0.1) is 0 Å². The van der Waals surface area contributed by atoms with Crippen LogP contribution in [0.3, 0.4) is 0 Å². The number of aliphatic hydroxyl groups is 1. The van der Waals surface area contributed by atoms with Gasteiger partial charge in [0.1, 0.15) is 0 Å². The van der Waals surface area contributed by atoms with Gasteiger partial charge >= 0.3 is 0 Å². The minimum Gasteiger partial charge on any atom is -0.389 e. The Labute approximate surface area is 88.2 Å². The monoisotopic (exact) mass is 196 g/mol. The van der Waals surface area contributed by atoms with Crippen molar-refractivity contribution in [2.75, 3.05) is 0 Å². The summed E-state index contributed by atoms with van der Waals surface area (Å²) in [4.78, 5) is 0. The molecule has 0 radical (unpaired) electrons. The van der Waals surface area contributed by atoms with Crippen LogP contribution >= 0.6 is 0 Å². The van der Waals surface area contributed by atoms with Crippen molar-refractivity contribution < 1.29 is 5.11 Å². The first-order valence-electron chi connectivity index (χ1n) is 5.80. The zero-order valence-electron chi connectivity index (χ0n) is 10.0. The number of allylic oxidation sites excluding steroid dienone is 1. The average Bonchev–Trinajstić information content (AvgIpc) is 2.01. The Bertz CT molecular complexity index is 208. The molecule has 1 fully saturated rings. The van der Waals surface area contributed by atoms with E-state index >= 15 is 0 Å². The molecule has 0 aromatic heterocycles. The van der Waals surface area contributed by atoms with Crippen molar-refractivity contribution >= 4 is 0 Å². The predicted molar refractivity (Wildman–Crippen MR) is 61.2 cm³/mol. The van der Waals surface area contributed by atoms with Crippen LogP contribution in [-0.4, -0.2) is 11.2 Å². The zero-order chi connectivity index (χ0) is 10.8. The molecule has 1 heteroatoms. The third-order valence-electron chi connectivity index (χ3n) is 3.16. The van der Waals surface area contributed by atoms with E-state index in [1.165, 1.54) is 31.3 Å². The fourth-order valence-corrected chi connectivity index (χ4v) is 2.54. The van der Waals surface area contributed by atoms with Gasteiger partial charge in [0.25, 0.3) is 0 Å². The van der Waals surface area contributed by atoms with Crippen molar-refractivity contribution in [3.63, 3.8) is 0 Å². The lowest BCUT2D eigenvalue weighted by atomic mass is 9.69. The van der Waals surface area contributed by atoms with Crippen LogP contribution in [0.25, 0.3) is 0 Å². The Hall–Kier alpha value is -0.300. The molecule has 82 valence electrons. The van der Waals surface area contributed by atoms with Crippen LogP contribution in [0.5, 0.6) is 0 Å². The van der Waals surface area contributed by atoms with Crippen molar-refractivity contribution in [2.24, 2.45) is 11.3 Å². The second-order valence-corrected chi connectivity index (χ2v) is 5.65. The van der Waals surface area contributed by atoms with Gasteiger partial charge in [0.15, 0.2) is 0 Å². The summed E-state index contributed by atoms with van der Waals surface area (Å²) in [7, 11) is 0. The van der Waals surface area contributed by atoms with E-state index in [-0.39, 0.29) is 6.10 Å². The van der Waals surface area contributed by atoms with Gasteiger partial charge in [0.2, 0.25) is 0 Å². The van der Waals surface area contributed by atoms with Crippen molar-refractivity contribution in [3.05, 3.63) is 11.6 Å². The normalized spacial score (nSPS) is 29.2. The first-order chi connectivity index (χ1) is 6.41. The SMILES string of the molecule is CC(O)/C=C1/CCCCC1C(C)(C)C. The second-order valence-electron chi connectivity index (χ2n) is 5.65. The molecule has 2 atom stereocenters. The summed E-state index contributed by atoms with van der Waals surface area (Å²) in [5.41, 5.74) is 1.83. The van der Waals surface area contributed by atoms with Crippen LogP contribution in [0.4, 0.5) is 0 Å². The molecule has 0 aromatic rings. The highest BCUT2D eigenvalue weighted by Crippen LogP contribution is 2.41. The Morgan fingerprint density at radius 1 is 1.36 bits per heavy atom. The highest BCUT2D eigenvalue weighted by molar-refractivity contribution is 5.13. The molecule has 0 heterocycles. The predicted octanol–water partition coefficient (Wildman–Crippen LogP) is 3.53.